The zero-order valence-corrected chi connectivity index (χ0v) is 16.6. The van der Waals surface area contributed by atoms with Crippen molar-refractivity contribution in [2.24, 2.45) is 0 Å². The fourth-order valence-electron chi connectivity index (χ4n) is 3.19. The molecule has 0 saturated heterocycles. The summed E-state index contributed by atoms with van der Waals surface area (Å²) in [6.07, 6.45) is 4.80. The van der Waals surface area contributed by atoms with Crippen LogP contribution in [0.4, 0.5) is 0 Å². The number of Topliss-reactive ketones (excluding diaryl/α,β-unsaturated/α-hetero) is 2. The lowest BCUT2D eigenvalue weighted by Gasteiger charge is -2.11. The van der Waals surface area contributed by atoms with Gasteiger partial charge in [0.05, 0.1) is 14.2 Å². The van der Waals surface area contributed by atoms with Gasteiger partial charge in [-0.25, -0.2) is 0 Å². The third-order valence-corrected chi connectivity index (χ3v) is 4.77. The second kappa shape index (κ2) is 9.91. The third kappa shape index (κ3) is 5.68. The van der Waals surface area contributed by atoms with Crippen LogP contribution in [0.1, 0.15) is 65.0 Å². The highest BCUT2D eigenvalue weighted by atomic mass is 16.5. The summed E-state index contributed by atoms with van der Waals surface area (Å²) in [4.78, 5) is 23.2. The summed E-state index contributed by atoms with van der Waals surface area (Å²) in [5.74, 6) is 1.79. The maximum atomic E-state index is 11.6. The van der Waals surface area contributed by atoms with E-state index in [1.165, 1.54) is 0 Å². The predicted octanol–water partition coefficient (Wildman–Crippen LogP) is 5.06. The molecule has 0 spiro atoms. The lowest BCUT2D eigenvalue weighted by Crippen LogP contribution is -1.99. The van der Waals surface area contributed by atoms with E-state index in [0.29, 0.717) is 0 Å². The number of unbranched alkanes of at least 4 members (excludes halogenated alkanes) is 2. The Morgan fingerprint density at radius 2 is 1.11 bits per heavy atom. The highest BCUT2D eigenvalue weighted by Gasteiger charge is 2.09. The predicted molar refractivity (Wildman–Crippen MR) is 107 cm³/mol. The average molecular weight is 368 g/mol. The molecule has 4 heteroatoms. The van der Waals surface area contributed by atoms with Crippen LogP contribution in [0.25, 0.3) is 0 Å². The van der Waals surface area contributed by atoms with Gasteiger partial charge in [0.2, 0.25) is 0 Å². The van der Waals surface area contributed by atoms with Gasteiger partial charge in [0, 0.05) is 11.1 Å². The third-order valence-electron chi connectivity index (χ3n) is 4.77. The molecule has 0 radical (unpaired) electrons. The molecule has 144 valence electrons. The van der Waals surface area contributed by atoms with E-state index >= 15 is 0 Å². The van der Waals surface area contributed by atoms with Crippen LogP contribution in [0.2, 0.25) is 0 Å². The van der Waals surface area contributed by atoms with Crippen molar-refractivity contribution in [1.29, 1.82) is 0 Å². The number of hydrogen-bond acceptors (Lipinski definition) is 4. The maximum absolute atomic E-state index is 11.6. The number of aryl methyl sites for hydroxylation is 2. The molecule has 0 unspecified atom stereocenters. The van der Waals surface area contributed by atoms with Gasteiger partial charge in [-0.05, 0) is 87.1 Å². The summed E-state index contributed by atoms with van der Waals surface area (Å²) >= 11 is 0. The Kier molecular flexibility index (Phi) is 7.59. The second-order valence-electron chi connectivity index (χ2n) is 6.73. The molecule has 27 heavy (non-hydrogen) atoms. The van der Waals surface area contributed by atoms with Crippen LogP contribution in [0.3, 0.4) is 0 Å². The number of ketones is 2. The van der Waals surface area contributed by atoms with Crippen molar-refractivity contribution in [1.82, 2.24) is 0 Å². The molecule has 0 aliphatic heterocycles. The number of carbonyl (C=O) groups is 2. The SMILES string of the molecule is COc1ccc(C(C)=O)cc1CCCCCc1cc(C(C)=O)ccc1OC. The molecule has 0 aromatic heterocycles. The Morgan fingerprint density at radius 1 is 0.704 bits per heavy atom. The van der Waals surface area contributed by atoms with Crippen molar-refractivity contribution in [3.63, 3.8) is 0 Å². The number of ether oxygens (including phenoxy) is 2. The molecule has 0 amide bonds. The smallest absolute Gasteiger partial charge is 0.159 e. The van der Waals surface area contributed by atoms with Crippen LogP contribution in [0, 0.1) is 0 Å². The van der Waals surface area contributed by atoms with Crippen LogP contribution in [-0.4, -0.2) is 25.8 Å². The van der Waals surface area contributed by atoms with Crippen molar-refractivity contribution < 1.29 is 19.1 Å². The van der Waals surface area contributed by atoms with Crippen molar-refractivity contribution in [2.75, 3.05) is 14.2 Å². The Balaban J connectivity index is 1.93. The van der Waals surface area contributed by atoms with Gasteiger partial charge in [-0.1, -0.05) is 6.42 Å². The maximum Gasteiger partial charge on any atom is 0.159 e. The van der Waals surface area contributed by atoms with Crippen molar-refractivity contribution in [3.8, 4) is 11.5 Å². The zero-order valence-electron chi connectivity index (χ0n) is 16.6. The summed E-state index contributed by atoms with van der Waals surface area (Å²) in [5, 5.41) is 0. The summed E-state index contributed by atoms with van der Waals surface area (Å²) in [5.41, 5.74) is 3.58. The molecule has 0 fully saturated rings. The molecule has 4 nitrogen and oxygen atoms in total. The molecule has 0 atom stereocenters. The normalized spacial score (nSPS) is 10.5. The standard InChI is InChI=1S/C23H28O4/c1-16(24)18-10-12-22(26-3)20(14-18)8-6-5-7-9-21-15-19(17(2)25)11-13-23(21)27-4/h10-15H,5-9H2,1-4H3. The summed E-state index contributed by atoms with van der Waals surface area (Å²) in [6.45, 7) is 3.16. The van der Waals surface area contributed by atoms with Crippen LogP contribution in [0.15, 0.2) is 36.4 Å². The fraction of sp³-hybridized carbons (Fsp3) is 0.391. The number of rotatable bonds is 10. The largest absolute Gasteiger partial charge is 0.496 e. The van der Waals surface area contributed by atoms with E-state index in [1.54, 1.807) is 40.2 Å². The highest BCUT2D eigenvalue weighted by molar-refractivity contribution is 5.94. The van der Waals surface area contributed by atoms with Gasteiger partial charge in [0.25, 0.3) is 0 Å². The monoisotopic (exact) mass is 368 g/mol. The van der Waals surface area contributed by atoms with Gasteiger partial charge >= 0.3 is 0 Å². The number of methoxy groups -OCH3 is 2. The van der Waals surface area contributed by atoms with Crippen LogP contribution < -0.4 is 9.47 Å². The van der Waals surface area contributed by atoms with Crippen LogP contribution >= 0.6 is 0 Å². The van der Waals surface area contributed by atoms with E-state index in [-0.39, 0.29) is 11.6 Å². The summed E-state index contributed by atoms with van der Waals surface area (Å²) in [6, 6.07) is 11.2. The van der Waals surface area contributed by atoms with Crippen molar-refractivity contribution >= 4 is 11.6 Å². The van der Waals surface area contributed by atoms with E-state index in [9.17, 15) is 9.59 Å². The Bertz CT molecular complexity index is 741. The second-order valence-corrected chi connectivity index (χ2v) is 6.73. The first-order chi connectivity index (χ1) is 13.0. The Hall–Kier alpha value is -2.62. The van der Waals surface area contributed by atoms with E-state index < -0.39 is 0 Å². The molecule has 0 N–H and O–H groups in total. The molecule has 2 aromatic carbocycles. The van der Waals surface area contributed by atoms with Gasteiger partial charge in [-0.15, -0.1) is 0 Å². The molecule has 0 heterocycles. The van der Waals surface area contributed by atoms with Crippen molar-refractivity contribution in [3.05, 3.63) is 58.7 Å². The lowest BCUT2D eigenvalue weighted by atomic mass is 9.99. The first-order valence-electron chi connectivity index (χ1n) is 9.32. The van der Waals surface area contributed by atoms with E-state index in [4.69, 9.17) is 9.47 Å². The Labute approximate surface area is 161 Å². The van der Waals surface area contributed by atoms with E-state index in [2.05, 4.69) is 0 Å². The quantitative estimate of drug-likeness (QED) is 0.434. The minimum absolute atomic E-state index is 0.0661. The van der Waals surface area contributed by atoms with Gasteiger partial charge in [0.1, 0.15) is 11.5 Å². The molecule has 0 saturated carbocycles. The molecule has 0 bridgehead atoms. The molecule has 2 rings (SSSR count). The number of carbonyl (C=O) groups excluding carboxylic acids is 2. The minimum Gasteiger partial charge on any atom is -0.496 e. The van der Waals surface area contributed by atoms with Gasteiger partial charge < -0.3 is 9.47 Å². The van der Waals surface area contributed by atoms with Gasteiger partial charge in [-0.2, -0.15) is 0 Å². The number of benzene rings is 2. The molecular formula is C23H28O4. The minimum atomic E-state index is 0.0661. The van der Waals surface area contributed by atoms with Crippen LogP contribution in [-0.2, 0) is 12.8 Å². The highest BCUT2D eigenvalue weighted by Crippen LogP contribution is 2.25. The molecule has 2 aromatic rings. The van der Waals surface area contributed by atoms with Gasteiger partial charge in [0.15, 0.2) is 11.6 Å². The fourth-order valence-corrected chi connectivity index (χ4v) is 3.19. The van der Waals surface area contributed by atoms with Gasteiger partial charge in [-0.3, -0.25) is 9.59 Å². The Morgan fingerprint density at radius 3 is 1.44 bits per heavy atom. The average Bonchev–Trinajstić information content (AvgIpc) is 2.67. The van der Waals surface area contributed by atoms with Crippen molar-refractivity contribution in [2.45, 2.75) is 46.0 Å². The molecular weight excluding hydrogens is 340 g/mol. The lowest BCUT2D eigenvalue weighted by molar-refractivity contribution is 0.100. The molecule has 0 aliphatic carbocycles. The number of hydrogen-bond donors (Lipinski definition) is 0. The topological polar surface area (TPSA) is 52.6 Å². The first kappa shape index (κ1) is 20.7. The van der Waals surface area contributed by atoms with Crippen LogP contribution in [0.5, 0.6) is 11.5 Å². The summed E-state index contributed by atoms with van der Waals surface area (Å²) < 4.78 is 10.8. The van der Waals surface area contributed by atoms with E-state index in [0.717, 1.165) is 65.9 Å². The molecule has 0 aliphatic rings. The first-order valence-corrected chi connectivity index (χ1v) is 9.32. The zero-order chi connectivity index (χ0) is 19.8. The van der Waals surface area contributed by atoms with E-state index in [1.807, 2.05) is 24.3 Å². The summed E-state index contributed by atoms with van der Waals surface area (Å²) in [7, 11) is 3.31.